The lowest BCUT2D eigenvalue weighted by Gasteiger charge is -2.32. The number of rotatable bonds is 5. The molecule has 1 aromatic rings. The van der Waals surface area contributed by atoms with E-state index in [2.05, 4.69) is 16.3 Å². The molecule has 1 unspecified atom stereocenters. The predicted octanol–water partition coefficient (Wildman–Crippen LogP) is 1.76. The van der Waals surface area contributed by atoms with Crippen molar-refractivity contribution in [1.29, 1.82) is 0 Å². The average molecular weight is 264 g/mol. The van der Waals surface area contributed by atoms with E-state index in [1.54, 1.807) is 19.2 Å². The molecule has 1 saturated heterocycles. The lowest BCUT2D eigenvalue weighted by atomic mass is 10.1. The third-order valence-electron chi connectivity index (χ3n) is 3.34. The van der Waals surface area contributed by atoms with Crippen LogP contribution in [0.1, 0.15) is 5.56 Å². The van der Waals surface area contributed by atoms with Crippen LogP contribution in [0.15, 0.2) is 30.3 Å². The van der Waals surface area contributed by atoms with E-state index < -0.39 is 0 Å². The zero-order chi connectivity index (χ0) is 13.5. The van der Waals surface area contributed by atoms with Crippen molar-refractivity contribution in [3.8, 4) is 0 Å². The molecule has 1 aliphatic heterocycles. The fraction of sp³-hybridized carbons (Fsp3) is 0.467. The van der Waals surface area contributed by atoms with Crippen LogP contribution in [-0.2, 0) is 4.74 Å². The highest BCUT2D eigenvalue weighted by Crippen LogP contribution is 2.09. The highest BCUT2D eigenvalue weighted by atomic mass is 19.1. The molecule has 1 fully saturated rings. The Labute approximate surface area is 114 Å². The Balaban J connectivity index is 2.00. The standard InChI is InChI=1S/C15H21FN2O/c1-19-12-15(18-10-8-17-9-11-18)7-4-13-2-5-14(16)6-3-13/h2-7,15,17H,8-12H2,1H3/b7-4+. The van der Waals surface area contributed by atoms with Crippen LogP contribution >= 0.6 is 0 Å². The molecule has 3 nitrogen and oxygen atoms in total. The summed E-state index contributed by atoms with van der Waals surface area (Å²) in [4.78, 5) is 2.40. The van der Waals surface area contributed by atoms with Gasteiger partial charge >= 0.3 is 0 Å². The van der Waals surface area contributed by atoms with Crippen LogP contribution in [-0.4, -0.2) is 50.8 Å². The monoisotopic (exact) mass is 264 g/mol. The second-order valence-electron chi connectivity index (χ2n) is 4.72. The third kappa shape index (κ3) is 4.42. The Morgan fingerprint density at radius 3 is 2.63 bits per heavy atom. The molecule has 19 heavy (non-hydrogen) atoms. The van der Waals surface area contributed by atoms with Crippen LogP contribution in [0.4, 0.5) is 4.39 Å². The van der Waals surface area contributed by atoms with Crippen molar-refractivity contribution in [1.82, 2.24) is 10.2 Å². The number of piperazine rings is 1. The Morgan fingerprint density at radius 2 is 2.00 bits per heavy atom. The van der Waals surface area contributed by atoms with E-state index in [-0.39, 0.29) is 11.9 Å². The van der Waals surface area contributed by atoms with Crippen molar-refractivity contribution in [2.75, 3.05) is 39.9 Å². The van der Waals surface area contributed by atoms with Gasteiger partial charge in [-0.15, -0.1) is 0 Å². The molecule has 104 valence electrons. The first-order chi connectivity index (χ1) is 9.29. The molecular weight excluding hydrogens is 243 g/mol. The molecule has 1 aliphatic rings. The first-order valence-corrected chi connectivity index (χ1v) is 6.67. The molecule has 1 N–H and O–H groups in total. The molecule has 0 saturated carbocycles. The molecule has 1 atom stereocenters. The number of nitrogens with one attached hydrogen (secondary N) is 1. The second kappa shape index (κ2) is 7.38. The maximum atomic E-state index is 12.8. The highest BCUT2D eigenvalue weighted by molar-refractivity contribution is 5.49. The maximum Gasteiger partial charge on any atom is 0.123 e. The predicted molar refractivity (Wildman–Crippen MR) is 75.5 cm³/mol. The van der Waals surface area contributed by atoms with Crippen LogP contribution in [0.2, 0.25) is 0 Å². The Kier molecular flexibility index (Phi) is 5.51. The summed E-state index contributed by atoms with van der Waals surface area (Å²) in [5.74, 6) is -0.201. The van der Waals surface area contributed by atoms with Gasteiger partial charge in [0.2, 0.25) is 0 Å². The lowest BCUT2D eigenvalue weighted by Crippen LogP contribution is -2.49. The Bertz CT molecular complexity index is 399. The minimum atomic E-state index is -0.201. The van der Waals surface area contributed by atoms with Gasteiger partial charge < -0.3 is 10.1 Å². The quantitative estimate of drug-likeness (QED) is 0.877. The number of nitrogens with zero attached hydrogens (tertiary/aromatic N) is 1. The number of methoxy groups -OCH3 is 1. The fourth-order valence-corrected chi connectivity index (χ4v) is 2.26. The molecule has 4 heteroatoms. The molecular formula is C15H21FN2O. The van der Waals surface area contributed by atoms with Crippen LogP contribution in [0.3, 0.4) is 0 Å². The van der Waals surface area contributed by atoms with Gasteiger partial charge in [0.15, 0.2) is 0 Å². The summed E-state index contributed by atoms with van der Waals surface area (Å²) in [6.07, 6.45) is 4.17. The Hall–Kier alpha value is -1.23. The molecule has 0 bridgehead atoms. The van der Waals surface area contributed by atoms with Crippen molar-refractivity contribution in [2.24, 2.45) is 0 Å². The van der Waals surface area contributed by atoms with Crippen LogP contribution < -0.4 is 5.32 Å². The Morgan fingerprint density at radius 1 is 1.32 bits per heavy atom. The summed E-state index contributed by atoms with van der Waals surface area (Å²) < 4.78 is 18.1. The number of benzene rings is 1. The summed E-state index contributed by atoms with van der Waals surface area (Å²) in [5.41, 5.74) is 1.01. The van der Waals surface area contributed by atoms with E-state index in [0.717, 1.165) is 31.7 Å². The number of hydrogen-bond acceptors (Lipinski definition) is 3. The van der Waals surface area contributed by atoms with E-state index >= 15 is 0 Å². The van der Waals surface area contributed by atoms with E-state index in [1.165, 1.54) is 12.1 Å². The van der Waals surface area contributed by atoms with Crippen LogP contribution in [0.25, 0.3) is 6.08 Å². The summed E-state index contributed by atoms with van der Waals surface area (Å²) in [7, 11) is 1.72. The van der Waals surface area contributed by atoms with Gasteiger partial charge in [0.1, 0.15) is 5.82 Å². The largest absolute Gasteiger partial charge is 0.383 e. The first-order valence-electron chi connectivity index (χ1n) is 6.67. The zero-order valence-corrected chi connectivity index (χ0v) is 11.3. The summed E-state index contributed by atoms with van der Waals surface area (Å²) in [5, 5.41) is 3.34. The number of ether oxygens (including phenoxy) is 1. The SMILES string of the molecule is COCC(/C=C/c1ccc(F)cc1)N1CCNCC1. The molecule has 0 amide bonds. The van der Waals surface area contributed by atoms with Crippen molar-refractivity contribution in [3.63, 3.8) is 0 Å². The van der Waals surface area contributed by atoms with Gasteiger partial charge in [-0.25, -0.2) is 4.39 Å². The lowest BCUT2D eigenvalue weighted by molar-refractivity contribution is 0.105. The highest BCUT2D eigenvalue weighted by Gasteiger charge is 2.17. The molecule has 0 spiro atoms. The fourth-order valence-electron chi connectivity index (χ4n) is 2.26. The van der Waals surface area contributed by atoms with Gasteiger partial charge in [-0.3, -0.25) is 4.90 Å². The van der Waals surface area contributed by atoms with Gasteiger partial charge in [0.05, 0.1) is 12.6 Å². The zero-order valence-electron chi connectivity index (χ0n) is 11.3. The van der Waals surface area contributed by atoms with Crippen molar-refractivity contribution in [2.45, 2.75) is 6.04 Å². The normalized spacial score (nSPS) is 18.8. The van der Waals surface area contributed by atoms with Gasteiger partial charge in [0, 0.05) is 33.3 Å². The summed E-state index contributed by atoms with van der Waals surface area (Å²) in [6.45, 7) is 4.77. The van der Waals surface area contributed by atoms with E-state index in [4.69, 9.17) is 4.74 Å². The minimum absolute atomic E-state index is 0.201. The van der Waals surface area contributed by atoms with Crippen LogP contribution in [0, 0.1) is 5.82 Å². The first kappa shape index (κ1) is 14.2. The third-order valence-corrected chi connectivity index (χ3v) is 3.34. The van der Waals surface area contributed by atoms with Gasteiger partial charge in [-0.1, -0.05) is 24.3 Å². The summed E-state index contributed by atoms with van der Waals surface area (Å²) in [6, 6.07) is 6.81. The van der Waals surface area contributed by atoms with Crippen molar-refractivity contribution in [3.05, 3.63) is 41.7 Å². The molecule has 0 aliphatic carbocycles. The molecule has 0 aromatic heterocycles. The molecule has 0 radical (unpaired) electrons. The molecule has 1 aromatic carbocycles. The molecule has 2 rings (SSSR count). The minimum Gasteiger partial charge on any atom is -0.383 e. The smallest absolute Gasteiger partial charge is 0.123 e. The van der Waals surface area contributed by atoms with E-state index in [9.17, 15) is 4.39 Å². The topological polar surface area (TPSA) is 24.5 Å². The second-order valence-corrected chi connectivity index (χ2v) is 4.72. The van der Waals surface area contributed by atoms with Gasteiger partial charge in [-0.2, -0.15) is 0 Å². The van der Waals surface area contributed by atoms with Crippen molar-refractivity contribution < 1.29 is 9.13 Å². The average Bonchev–Trinajstić information content (AvgIpc) is 2.46. The number of hydrogen-bond donors (Lipinski definition) is 1. The van der Waals surface area contributed by atoms with Gasteiger partial charge in [-0.05, 0) is 17.7 Å². The van der Waals surface area contributed by atoms with Gasteiger partial charge in [0.25, 0.3) is 0 Å². The maximum absolute atomic E-state index is 12.8. The van der Waals surface area contributed by atoms with Crippen LogP contribution in [0.5, 0.6) is 0 Å². The van der Waals surface area contributed by atoms with E-state index in [1.807, 2.05) is 6.08 Å². The number of halogens is 1. The summed E-state index contributed by atoms with van der Waals surface area (Å²) >= 11 is 0. The molecule has 1 heterocycles. The van der Waals surface area contributed by atoms with Crippen molar-refractivity contribution >= 4 is 6.08 Å². The van der Waals surface area contributed by atoms with E-state index in [0.29, 0.717) is 6.61 Å².